The first kappa shape index (κ1) is 17.5. The van der Waals surface area contributed by atoms with Crippen LogP contribution < -0.4 is 5.32 Å². The summed E-state index contributed by atoms with van der Waals surface area (Å²) in [6.45, 7) is 2.48. The Hall–Kier alpha value is -2.37. The molecule has 0 radical (unpaired) electrons. The van der Waals surface area contributed by atoms with Gasteiger partial charge in [0.25, 0.3) is 0 Å². The Labute approximate surface area is 147 Å². The molecule has 6 nitrogen and oxygen atoms in total. The van der Waals surface area contributed by atoms with Crippen molar-refractivity contribution in [3.05, 3.63) is 30.1 Å². The number of aryl methyl sites for hydroxylation is 2. The van der Waals surface area contributed by atoms with E-state index in [1.807, 2.05) is 35.8 Å². The van der Waals surface area contributed by atoms with Gasteiger partial charge in [-0.1, -0.05) is 31.4 Å². The predicted molar refractivity (Wildman–Crippen MR) is 95.3 cm³/mol. The molecule has 1 saturated carbocycles. The topological polar surface area (TPSA) is 84.2 Å². The largest absolute Gasteiger partial charge is 0.481 e. The van der Waals surface area contributed by atoms with Crippen molar-refractivity contribution in [3.63, 3.8) is 0 Å². The smallest absolute Gasteiger partial charge is 0.305 e. The summed E-state index contributed by atoms with van der Waals surface area (Å²) in [6.07, 6.45) is 4.87. The molecule has 3 rings (SSSR count). The number of carbonyl (C=O) groups excluding carboxylic acids is 1. The van der Waals surface area contributed by atoms with Gasteiger partial charge >= 0.3 is 5.97 Å². The highest BCUT2D eigenvalue weighted by Crippen LogP contribution is 2.31. The number of carboxylic acid groups (broad SMARTS) is 1. The number of nitrogens with one attached hydrogen (secondary N) is 1. The molecule has 0 aliphatic heterocycles. The Balaban J connectivity index is 1.67. The van der Waals surface area contributed by atoms with E-state index >= 15 is 0 Å². The van der Waals surface area contributed by atoms with Gasteiger partial charge in [0, 0.05) is 13.0 Å². The van der Waals surface area contributed by atoms with Crippen molar-refractivity contribution in [2.75, 3.05) is 0 Å². The number of carboxylic acids is 1. The lowest BCUT2D eigenvalue weighted by Gasteiger charge is -2.37. The van der Waals surface area contributed by atoms with Crippen molar-refractivity contribution >= 4 is 22.9 Å². The third kappa shape index (κ3) is 4.00. The summed E-state index contributed by atoms with van der Waals surface area (Å²) < 4.78 is 2.04. The van der Waals surface area contributed by atoms with Crippen LogP contribution in [-0.2, 0) is 16.1 Å². The van der Waals surface area contributed by atoms with E-state index in [-0.39, 0.29) is 12.3 Å². The minimum atomic E-state index is -0.848. The molecule has 1 aromatic heterocycles. The summed E-state index contributed by atoms with van der Waals surface area (Å²) in [6, 6.07) is 7.87. The van der Waals surface area contributed by atoms with Gasteiger partial charge in [-0.15, -0.1) is 0 Å². The zero-order valence-electron chi connectivity index (χ0n) is 14.6. The number of rotatable bonds is 6. The van der Waals surface area contributed by atoms with Crippen molar-refractivity contribution in [2.45, 2.75) is 64.0 Å². The zero-order chi connectivity index (χ0) is 17.9. The van der Waals surface area contributed by atoms with Crippen molar-refractivity contribution in [3.8, 4) is 0 Å². The highest BCUT2D eigenvalue weighted by atomic mass is 16.4. The number of carbonyl (C=O) groups is 2. The van der Waals surface area contributed by atoms with Crippen LogP contribution in [0.15, 0.2) is 24.3 Å². The summed E-state index contributed by atoms with van der Waals surface area (Å²) >= 11 is 0. The van der Waals surface area contributed by atoms with Crippen LogP contribution in [0.4, 0.5) is 0 Å². The number of hydrogen-bond donors (Lipinski definition) is 2. The fourth-order valence-electron chi connectivity index (χ4n) is 3.91. The lowest BCUT2D eigenvalue weighted by molar-refractivity contribution is -0.139. The number of hydrogen-bond acceptors (Lipinski definition) is 3. The van der Waals surface area contributed by atoms with Crippen LogP contribution in [0.5, 0.6) is 0 Å². The lowest BCUT2D eigenvalue weighted by atomic mass is 9.79. The normalized spacial score (nSPS) is 16.7. The number of benzene rings is 1. The molecular weight excluding hydrogens is 318 g/mol. The summed E-state index contributed by atoms with van der Waals surface area (Å²) in [5, 5.41) is 12.3. The monoisotopic (exact) mass is 343 g/mol. The zero-order valence-corrected chi connectivity index (χ0v) is 14.6. The quantitative estimate of drug-likeness (QED) is 0.844. The third-order valence-electron chi connectivity index (χ3n) is 5.11. The maximum atomic E-state index is 12.5. The highest BCUT2D eigenvalue weighted by Gasteiger charge is 2.35. The number of fused-ring (bicyclic) bond motifs is 1. The van der Waals surface area contributed by atoms with E-state index in [4.69, 9.17) is 0 Å². The number of aliphatic carboxylic acids is 1. The van der Waals surface area contributed by atoms with Crippen molar-refractivity contribution in [1.29, 1.82) is 0 Å². The first-order chi connectivity index (χ1) is 12.0. The van der Waals surface area contributed by atoms with Crippen LogP contribution in [-0.4, -0.2) is 32.1 Å². The Bertz CT molecular complexity index is 775. The SMILES string of the molecule is Cc1nc2ccccc2n1CCC(=O)NC1(CC(=O)O)CCCCC1. The van der Waals surface area contributed by atoms with E-state index < -0.39 is 11.5 Å². The molecule has 6 heteroatoms. The van der Waals surface area contributed by atoms with Gasteiger partial charge in [0.15, 0.2) is 0 Å². The van der Waals surface area contributed by atoms with Gasteiger partial charge in [0.1, 0.15) is 5.82 Å². The molecule has 1 heterocycles. The van der Waals surface area contributed by atoms with Crippen LogP contribution in [0.2, 0.25) is 0 Å². The Morgan fingerprint density at radius 2 is 1.96 bits per heavy atom. The van der Waals surface area contributed by atoms with Gasteiger partial charge in [0.2, 0.25) is 5.91 Å². The molecule has 0 unspecified atom stereocenters. The van der Waals surface area contributed by atoms with E-state index in [9.17, 15) is 14.7 Å². The maximum absolute atomic E-state index is 12.5. The number of nitrogens with zero attached hydrogens (tertiary/aromatic N) is 2. The molecule has 0 bridgehead atoms. The van der Waals surface area contributed by atoms with E-state index in [0.29, 0.717) is 13.0 Å². The summed E-state index contributed by atoms with van der Waals surface area (Å²) in [4.78, 5) is 28.2. The molecule has 0 saturated heterocycles. The Morgan fingerprint density at radius 1 is 1.24 bits per heavy atom. The van der Waals surface area contributed by atoms with Gasteiger partial charge in [-0.25, -0.2) is 4.98 Å². The number of amides is 1. The molecule has 0 spiro atoms. The fraction of sp³-hybridized carbons (Fsp3) is 0.526. The van der Waals surface area contributed by atoms with Gasteiger partial charge in [0.05, 0.1) is 23.0 Å². The van der Waals surface area contributed by atoms with Crippen LogP contribution >= 0.6 is 0 Å². The average molecular weight is 343 g/mol. The fourth-order valence-corrected chi connectivity index (χ4v) is 3.91. The molecule has 1 aromatic carbocycles. The molecule has 1 aliphatic carbocycles. The molecule has 1 amide bonds. The van der Waals surface area contributed by atoms with E-state index in [1.165, 1.54) is 0 Å². The van der Waals surface area contributed by atoms with Crippen molar-refractivity contribution < 1.29 is 14.7 Å². The molecule has 1 aliphatic rings. The summed E-state index contributed by atoms with van der Waals surface area (Å²) in [7, 11) is 0. The summed E-state index contributed by atoms with van der Waals surface area (Å²) in [5.74, 6) is -0.0501. The summed E-state index contributed by atoms with van der Waals surface area (Å²) in [5.41, 5.74) is 1.37. The molecule has 0 atom stereocenters. The Kier molecular flexibility index (Phi) is 5.06. The number of para-hydroxylation sites is 2. The highest BCUT2D eigenvalue weighted by molar-refractivity contribution is 5.79. The first-order valence-corrected chi connectivity index (χ1v) is 8.94. The number of aromatic nitrogens is 2. The predicted octanol–water partition coefficient (Wildman–Crippen LogP) is 3.03. The lowest BCUT2D eigenvalue weighted by Crippen LogP contribution is -2.51. The molecule has 2 aromatic rings. The minimum Gasteiger partial charge on any atom is -0.481 e. The van der Waals surface area contributed by atoms with Crippen LogP contribution in [0.1, 0.15) is 50.8 Å². The van der Waals surface area contributed by atoms with Crippen molar-refractivity contribution in [1.82, 2.24) is 14.9 Å². The third-order valence-corrected chi connectivity index (χ3v) is 5.11. The molecule has 2 N–H and O–H groups in total. The number of imidazole rings is 1. The first-order valence-electron chi connectivity index (χ1n) is 8.94. The molecule has 1 fully saturated rings. The average Bonchev–Trinajstić information content (AvgIpc) is 2.88. The molecule has 25 heavy (non-hydrogen) atoms. The minimum absolute atomic E-state index is 0.00573. The second-order valence-electron chi connectivity index (χ2n) is 7.01. The van der Waals surface area contributed by atoms with Crippen LogP contribution in [0.3, 0.4) is 0 Å². The molecule has 134 valence electrons. The van der Waals surface area contributed by atoms with E-state index in [1.54, 1.807) is 0 Å². The second kappa shape index (κ2) is 7.25. The standard InChI is InChI=1S/C19H25N3O3/c1-14-20-15-7-3-4-8-16(15)22(14)12-9-17(23)21-19(13-18(24)25)10-5-2-6-11-19/h3-4,7-8H,2,5-6,9-13H2,1H3,(H,21,23)(H,24,25). The van der Waals surface area contributed by atoms with Gasteiger partial charge in [-0.2, -0.15) is 0 Å². The van der Waals surface area contributed by atoms with Gasteiger partial charge < -0.3 is 15.0 Å². The maximum Gasteiger partial charge on any atom is 0.305 e. The van der Waals surface area contributed by atoms with Crippen molar-refractivity contribution in [2.24, 2.45) is 0 Å². The second-order valence-corrected chi connectivity index (χ2v) is 7.01. The van der Waals surface area contributed by atoms with Crippen LogP contribution in [0, 0.1) is 6.92 Å². The van der Waals surface area contributed by atoms with E-state index in [0.717, 1.165) is 49.0 Å². The van der Waals surface area contributed by atoms with Crippen LogP contribution in [0.25, 0.3) is 11.0 Å². The van der Waals surface area contributed by atoms with Gasteiger partial charge in [-0.05, 0) is 31.9 Å². The Morgan fingerprint density at radius 3 is 2.68 bits per heavy atom. The molecular formula is C19H25N3O3. The van der Waals surface area contributed by atoms with E-state index in [2.05, 4.69) is 10.3 Å². The van der Waals surface area contributed by atoms with Gasteiger partial charge in [-0.3, -0.25) is 9.59 Å².